The van der Waals surface area contributed by atoms with Gasteiger partial charge in [-0.2, -0.15) is 0 Å². The van der Waals surface area contributed by atoms with Crippen molar-refractivity contribution in [2.24, 2.45) is 0 Å². The highest BCUT2D eigenvalue weighted by Gasteiger charge is 2.24. The molecule has 1 amide bonds. The fourth-order valence-corrected chi connectivity index (χ4v) is 2.52. The minimum Gasteiger partial charge on any atom is -0.477 e. The molecule has 8 heteroatoms. The first-order valence-electron chi connectivity index (χ1n) is 7.70. The summed E-state index contributed by atoms with van der Waals surface area (Å²) in [6.45, 7) is 6.69. The SMILES string of the molecule is C[C@H](CNC(=O)OC(C)(C)C)n1c(C(=O)O)cc2c(F)ccc(F)c21. The number of ether oxygens (including phenoxy) is 1. The Morgan fingerprint density at radius 3 is 2.44 bits per heavy atom. The normalized spacial score (nSPS) is 12.9. The lowest BCUT2D eigenvalue weighted by Gasteiger charge is -2.22. The second-order valence-electron chi connectivity index (χ2n) is 6.73. The van der Waals surface area contributed by atoms with Crippen LogP contribution in [0, 0.1) is 11.6 Å². The van der Waals surface area contributed by atoms with Crippen molar-refractivity contribution in [2.45, 2.75) is 39.3 Å². The van der Waals surface area contributed by atoms with Crippen LogP contribution in [-0.4, -0.2) is 33.9 Å². The molecule has 0 aliphatic carbocycles. The molecule has 2 N–H and O–H groups in total. The summed E-state index contributed by atoms with van der Waals surface area (Å²) in [4.78, 5) is 23.2. The number of amides is 1. The number of halogens is 2. The molecular formula is C17H20F2N2O4. The van der Waals surface area contributed by atoms with Crippen LogP contribution < -0.4 is 5.32 Å². The largest absolute Gasteiger partial charge is 0.477 e. The van der Waals surface area contributed by atoms with E-state index in [-0.39, 0.29) is 23.1 Å². The molecule has 0 aliphatic rings. The zero-order chi connectivity index (χ0) is 18.9. The van der Waals surface area contributed by atoms with Crippen LogP contribution in [0.3, 0.4) is 0 Å². The van der Waals surface area contributed by atoms with Crippen molar-refractivity contribution in [2.75, 3.05) is 6.54 Å². The van der Waals surface area contributed by atoms with Crippen molar-refractivity contribution < 1.29 is 28.2 Å². The highest BCUT2D eigenvalue weighted by atomic mass is 19.1. The lowest BCUT2D eigenvalue weighted by atomic mass is 10.2. The average Bonchev–Trinajstić information content (AvgIpc) is 2.89. The van der Waals surface area contributed by atoms with E-state index in [1.54, 1.807) is 27.7 Å². The van der Waals surface area contributed by atoms with Gasteiger partial charge in [-0.1, -0.05) is 0 Å². The van der Waals surface area contributed by atoms with E-state index in [0.717, 1.165) is 22.8 Å². The summed E-state index contributed by atoms with van der Waals surface area (Å²) in [6.07, 6.45) is -0.681. The first kappa shape index (κ1) is 18.7. The summed E-state index contributed by atoms with van der Waals surface area (Å²) in [5.74, 6) is -2.78. The third-order valence-corrected chi connectivity index (χ3v) is 3.50. The summed E-state index contributed by atoms with van der Waals surface area (Å²) in [7, 11) is 0. The van der Waals surface area contributed by atoms with Crippen molar-refractivity contribution >= 4 is 23.0 Å². The smallest absolute Gasteiger partial charge is 0.407 e. The minimum atomic E-state index is -1.32. The Morgan fingerprint density at radius 2 is 1.88 bits per heavy atom. The number of fused-ring (bicyclic) bond motifs is 1. The van der Waals surface area contributed by atoms with Crippen LogP contribution in [0.15, 0.2) is 18.2 Å². The maximum atomic E-state index is 14.2. The maximum Gasteiger partial charge on any atom is 0.407 e. The van der Waals surface area contributed by atoms with Gasteiger partial charge in [-0.05, 0) is 45.9 Å². The van der Waals surface area contributed by atoms with Crippen molar-refractivity contribution in [3.8, 4) is 0 Å². The zero-order valence-electron chi connectivity index (χ0n) is 14.4. The van der Waals surface area contributed by atoms with Crippen molar-refractivity contribution in [3.05, 3.63) is 35.5 Å². The number of rotatable bonds is 4. The zero-order valence-corrected chi connectivity index (χ0v) is 14.4. The molecule has 1 aromatic heterocycles. The molecule has 136 valence electrons. The third-order valence-electron chi connectivity index (χ3n) is 3.50. The highest BCUT2D eigenvalue weighted by molar-refractivity contribution is 5.95. The molecule has 2 rings (SSSR count). The number of carboxylic acid groups (broad SMARTS) is 1. The van der Waals surface area contributed by atoms with Gasteiger partial charge in [-0.3, -0.25) is 0 Å². The fourth-order valence-electron chi connectivity index (χ4n) is 2.52. The molecule has 0 unspecified atom stereocenters. The Balaban J connectivity index is 2.35. The number of hydrogen-bond acceptors (Lipinski definition) is 3. The summed E-state index contributed by atoms with van der Waals surface area (Å²) in [6, 6.07) is 2.32. The Morgan fingerprint density at radius 1 is 1.28 bits per heavy atom. The van der Waals surface area contributed by atoms with E-state index in [1.165, 1.54) is 0 Å². The van der Waals surface area contributed by atoms with Gasteiger partial charge in [0.15, 0.2) is 0 Å². The van der Waals surface area contributed by atoms with Gasteiger partial charge < -0.3 is 19.7 Å². The Bertz CT molecular complexity index is 824. The number of aromatic nitrogens is 1. The molecule has 0 saturated carbocycles. The van der Waals surface area contributed by atoms with Crippen LogP contribution >= 0.6 is 0 Å². The first-order valence-corrected chi connectivity index (χ1v) is 7.70. The van der Waals surface area contributed by atoms with Crippen LogP contribution in [0.1, 0.15) is 44.2 Å². The van der Waals surface area contributed by atoms with E-state index in [9.17, 15) is 23.5 Å². The molecule has 0 saturated heterocycles. The van der Waals surface area contributed by atoms with Gasteiger partial charge in [0.05, 0.1) is 5.52 Å². The number of carboxylic acids is 1. The second kappa shape index (κ2) is 6.70. The van der Waals surface area contributed by atoms with E-state index in [4.69, 9.17) is 4.74 Å². The summed E-state index contributed by atoms with van der Waals surface area (Å²) in [5, 5.41) is 11.7. The van der Waals surface area contributed by atoms with Crippen molar-refractivity contribution in [1.82, 2.24) is 9.88 Å². The topological polar surface area (TPSA) is 80.6 Å². The molecule has 25 heavy (non-hydrogen) atoms. The molecule has 0 spiro atoms. The Labute approximate surface area is 143 Å². The number of carbonyl (C=O) groups excluding carboxylic acids is 1. The van der Waals surface area contributed by atoms with E-state index in [2.05, 4.69) is 5.32 Å². The van der Waals surface area contributed by atoms with E-state index >= 15 is 0 Å². The maximum absolute atomic E-state index is 14.2. The Kier molecular flexibility index (Phi) is 5.01. The standard InChI is InChI=1S/C17H20F2N2O4/c1-9(8-20-16(24)25-17(2,3)4)21-13(15(22)23)7-10-11(18)5-6-12(19)14(10)21/h5-7,9H,8H2,1-4H3,(H,20,24)(H,22,23)/t9-/m1/s1. The molecule has 2 aromatic rings. The molecular weight excluding hydrogens is 334 g/mol. The van der Waals surface area contributed by atoms with Crippen molar-refractivity contribution in [1.29, 1.82) is 0 Å². The predicted molar refractivity (Wildman–Crippen MR) is 87.8 cm³/mol. The van der Waals surface area contributed by atoms with Crippen LogP contribution in [-0.2, 0) is 4.74 Å². The highest BCUT2D eigenvalue weighted by Crippen LogP contribution is 2.28. The number of carbonyl (C=O) groups is 2. The number of hydrogen-bond donors (Lipinski definition) is 2. The van der Waals surface area contributed by atoms with E-state index < -0.39 is 35.3 Å². The van der Waals surface area contributed by atoms with Crippen LogP contribution in [0.25, 0.3) is 10.9 Å². The van der Waals surface area contributed by atoms with Gasteiger partial charge in [0.25, 0.3) is 0 Å². The number of nitrogens with one attached hydrogen (secondary N) is 1. The molecule has 6 nitrogen and oxygen atoms in total. The monoisotopic (exact) mass is 354 g/mol. The number of nitrogens with zero attached hydrogens (tertiary/aromatic N) is 1. The molecule has 1 heterocycles. The van der Waals surface area contributed by atoms with Crippen LogP contribution in [0.2, 0.25) is 0 Å². The summed E-state index contributed by atoms with van der Waals surface area (Å²) in [5.41, 5.74) is -1.11. The second-order valence-corrected chi connectivity index (χ2v) is 6.73. The molecule has 0 radical (unpaired) electrons. The van der Waals surface area contributed by atoms with Gasteiger partial charge in [-0.25, -0.2) is 18.4 Å². The summed E-state index contributed by atoms with van der Waals surface area (Å²) >= 11 is 0. The Hall–Kier alpha value is -2.64. The quantitative estimate of drug-likeness (QED) is 0.877. The molecule has 0 aliphatic heterocycles. The number of aromatic carboxylic acids is 1. The van der Waals surface area contributed by atoms with Crippen LogP contribution in [0.5, 0.6) is 0 Å². The molecule has 0 fully saturated rings. The predicted octanol–water partition coefficient (Wildman–Crippen LogP) is 3.70. The third kappa shape index (κ3) is 4.07. The lowest BCUT2D eigenvalue weighted by molar-refractivity contribution is 0.0521. The average molecular weight is 354 g/mol. The van der Waals surface area contributed by atoms with Gasteiger partial charge in [0.2, 0.25) is 0 Å². The number of benzene rings is 1. The van der Waals surface area contributed by atoms with Gasteiger partial charge in [0.1, 0.15) is 22.9 Å². The molecule has 0 bridgehead atoms. The summed E-state index contributed by atoms with van der Waals surface area (Å²) < 4.78 is 34.4. The van der Waals surface area contributed by atoms with Gasteiger partial charge in [0, 0.05) is 18.0 Å². The van der Waals surface area contributed by atoms with Gasteiger partial charge in [-0.15, -0.1) is 0 Å². The molecule has 1 aromatic carbocycles. The van der Waals surface area contributed by atoms with E-state index in [0.29, 0.717) is 0 Å². The number of alkyl carbamates (subject to hydrolysis) is 1. The van der Waals surface area contributed by atoms with E-state index in [1.807, 2.05) is 0 Å². The lowest BCUT2D eigenvalue weighted by Crippen LogP contribution is -2.35. The minimum absolute atomic E-state index is 0.0189. The van der Waals surface area contributed by atoms with Crippen molar-refractivity contribution in [3.63, 3.8) is 0 Å². The fraction of sp³-hybridized carbons (Fsp3) is 0.412. The molecule has 1 atom stereocenters. The first-order chi connectivity index (χ1) is 11.5. The van der Waals surface area contributed by atoms with Crippen LogP contribution in [0.4, 0.5) is 13.6 Å². The van der Waals surface area contributed by atoms with Gasteiger partial charge >= 0.3 is 12.1 Å².